The number of esters is 1. The minimum atomic E-state index is -0.398. The van der Waals surface area contributed by atoms with Gasteiger partial charge >= 0.3 is 11.5 Å². The van der Waals surface area contributed by atoms with Crippen molar-refractivity contribution in [2.24, 2.45) is 0 Å². The number of hydrogen-bond donors (Lipinski definition) is 1. The van der Waals surface area contributed by atoms with Gasteiger partial charge < -0.3 is 4.74 Å². The predicted molar refractivity (Wildman–Crippen MR) is 92.5 cm³/mol. The summed E-state index contributed by atoms with van der Waals surface area (Å²) in [5, 5.41) is 0.716. The number of H-pyrrole nitrogens is 2. The highest BCUT2D eigenvalue weighted by Gasteiger charge is 2.22. The molecule has 0 atom stereocenters. The summed E-state index contributed by atoms with van der Waals surface area (Å²) in [6.07, 6.45) is 8.80. The largest absolute Gasteiger partial charge is 0.462 e. The number of aromatic nitrogens is 4. The van der Waals surface area contributed by atoms with Crippen molar-refractivity contribution in [1.82, 2.24) is 14.5 Å². The lowest BCUT2D eigenvalue weighted by atomic mass is 9.95. The second-order valence-electron chi connectivity index (χ2n) is 6.49. The molecule has 25 heavy (non-hydrogen) atoms. The molecule has 3 heterocycles. The number of carbonyl (C=O) groups is 1. The zero-order valence-electron chi connectivity index (χ0n) is 14.2. The molecule has 7 heteroatoms. The fourth-order valence-corrected chi connectivity index (χ4v) is 3.65. The van der Waals surface area contributed by atoms with Crippen molar-refractivity contribution >= 4 is 28.0 Å². The van der Waals surface area contributed by atoms with E-state index >= 15 is 0 Å². The highest BCUT2D eigenvalue weighted by Crippen LogP contribution is 2.27. The molecule has 0 unspecified atom stereocenters. The SMILES string of the molecule is CCOC(=O)c1c[nH+]c2[nH]c3c(=O)n(C4CCCCC4)cnc3c2c1. The first-order valence-electron chi connectivity index (χ1n) is 8.80. The number of nitrogens with one attached hydrogen (secondary N) is 2. The summed E-state index contributed by atoms with van der Waals surface area (Å²) in [7, 11) is 0. The van der Waals surface area contributed by atoms with Crippen LogP contribution in [0.3, 0.4) is 0 Å². The summed E-state index contributed by atoms with van der Waals surface area (Å²) in [6, 6.07) is 1.93. The van der Waals surface area contributed by atoms with Crippen LogP contribution in [-0.2, 0) is 4.74 Å². The maximum Gasteiger partial charge on any atom is 0.341 e. The number of aromatic amines is 2. The Bertz CT molecular complexity index is 999. The van der Waals surface area contributed by atoms with Gasteiger partial charge in [-0.1, -0.05) is 19.3 Å². The predicted octanol–water partition coefficient (Wildman–Crippen LogP) is 2.37. The molecular weight excluding hydrogens is 320 g/mol. The van der Waals surface area contributed by atoms with Crippen LogP contribution in [0.25, 0.3) is 22.1 Å². The number of ether oxygens (including phenoxy) is 1. The topological polar surface area (TPSA) is 91.1 Å². The summed E-state index contributed by atoms with van der Waals surface area (Å²) < 4.78 is 6.79. The molecule has 1 aliphatic carbocycles. The van der Waals surface area contributed by atoms with Gasteiger partial charge in [-0.3, -0.25) is 9.36 Å². The molecule has 1 saturated carbocycles. The summed E-state index contributed by atoms with van der Waals surface area (Å²) in [6.45, 7) is 2.08. The number of pyridine rings is 1. The van der Waals surface area contributed by atoms with Crippen molar-refractivity contribution in [3.8, 4) is 0 Å². The fraction of sp³-hybridized carbons (Fsp3) is 0.444. The second kappa shape index (κ2) is 6.31. The molecule has 0 spiro atoms. The van der Waals surface area contributed by atoms with Gasteiger partial charge in [0.2, 0.25) is 5.52 Å². The Balaban J connectivity index is 1.83. The quantitative estimate of drug-likeness (QED) is 0.740. The van der Waals surface area contributed by atoms with Crippen LogP contribution in [0.1, 0.15) is 55.4 Å². The lowest BCUT2D eigenvalue weighted by Gasteiger charge is -2.23. The van der Waals surface area contributed by atoms with Crippen LogP contribution in [0.2, 0.25) is 0 Å². The van der Waals surface area contributed by atoms with Crippen LogP contribution in [0, 0.1) is 0 Å². The van der Waals surface area contributed by atoms with Crippen LogP contribution in [0.15, 0.2) is 23.4 Å². The normalized spacial score (nSPS) is 15.7. The Hall–Kier alpha value is -2.70. The second-order valence-corrected chi connectivity index (χ2v) is 6.49. The number of rotatable bonds is 3. The van der Waals surface area contributed by atoms with E-state index in [1.807, 2.05) is 0 Å². The molecule has 130 valence electrons. The Kier molecular flexibility index (Phi) is 3.99. The maximum atomic E-state index is 12.9. The van der Waals surface area contributed by atoms with Crippen LogP contribution >= 0.6 is 0 Å². The molecule has 0 aromatic carbocycles. The van der Waals surface area contributed by atoms with E-state index in [-0.39, 0.29) is 11.6 Å². The molecule has 7 nitrogen and oxygen atoms in total. The first kappa shape index (κ1) is 15.8. The van der Waals surface area contributed by atoms with Gasteiger partial charge in [0.15, 0.2) is 0 Å². The van der Waals surface area contributed by atoms with E-state index in [1.54, 1.807) is 30.1 Å². The molecule has 3 aromatic rings. The summed E-state index contributed by atoms with van der Waals surface area (Å²) in [5.41, 5.74) is 2.08. The Morgan fingerprint density at radius 1 is 1.40 bits per heavy atom. The fourth-order valence-electron chi connectivity index (χ4n) is 3.65. The van der Waals surface area contributed by atoms with Crippen LogP contribution in [0.5, 0.6) is 0 Å². The lowest BCUT2D eigenvalue weighted by molar-refractivity contribution is -0.347. The molecule has 4 rings (SSSR count). The van der Waals surface area contributed by atoms with Crippen molar-refractivity contribution in [1.29, 1.82) is 0 Å². The Morgan fingerprint density at radius 3 is 2.96 bits per heavy atom. The van der Waals surface area contributed by atoms with Gasteiger partial charge in [0.1, 0.15) is 11.7 Å². The molecule has 3 aromatic heterocycles. The number of fused-ring (bicyclic) bond motifs is 3. The molecule has 1 fully saturated rings. The molecule has 0 aliphatic heterocycles. The van der Waals surface area contributed by atoms with Crippen molar-refractivity contribution in [2.45, 2.75) is 45.1 Å². The molecule has 1 aliphatic rings. The van der Waals surface area contributed by atoms with Crippen LogP contribution in [0.4, 0.5) is 0 Å². The van der Waals surface area contributed by atoms with Crippen LogP contribution in [-0.4, -0.2) is 27.1 Å². The first-order chi connectivity index (χ1) is 12.2. The first-order valence-corrected chi connectivity index (χ1v) is 8.80. The summed E-state index contributed by atoms with van der Waals surface area (Å²) in [4.78, 5) is 35.5. The highest BCUT2D eigenvalue weighted by molar-refractivity contribution is 6.04. The van der Waals surface area contributed by atoms with Crippen molar-refractivity contribution < 1.29 is 14.5 Å². The van der Waals surface area contributed by atoms with E-state index in [4.69, 9.17) is 4.74 Å². The zero-order valence-corrected chi connectivity index (χ0v) is 14.2. The van der Waals surface area contributed by atoms with Gasteiger partial charge in [0.05, 0.1) is 23.9 Å². The number of nitrogens with zero attached hydrogens (tertiary/aromatic N) is 2. The van der Waals surface area contributed by atoms with E-state index in [9.17, 15) is 9.59 Å². The minimum absolute atomic E-state index is 0.0563. The lowest BCUT2D eigenvalue weighted by Crippen LogP contribution is -2.26. The van der Waals surface area contributed by atoms with Gasteiger partial charge in [-0.15, -0.1) is 0 Å². The van der Waals surface area contributed by atoms with Gasteiger partial charge in [0, 0.05) is 6.04 Å². The number of carbonyl (C=O) groups excluding carboxylic acids is 1. The van der Waals surface area contributed by atoms with E-state index < -0.39 is 5.97 Å². The summed E-state index contributed by atoms with van der Waals surface area (Å²) in [5.74, 6) is -0.398. The van der Waals surface area contributed by atoms with Crippen molar-refractivity contribution in [2.75, 3.05) is 6.61 Å². The van der Waals surface area contributed by atoms with E-state index in [0.717, 1.165) is 25.7 Å². The van der Waals surface area contributed by atoms with Crippen molar-refractivity contribution in [3.63, 3.8) is 0 Å². The van der Waals surface area contributed by atoms with Gasteiger partial charge in [-0.25, -0.2) is 19.7 Å². The Labute approximate surface area is 144 Å². The Morgan fingerprint density at radius 2 is 2.20 bits per heavy atom. The van der Waals surface area contributed by atoms with E-state index in [1.165, 1.54) is 6.42 Å². The highest BCUT2D eigenvalue weighted by atomic mass is 16.5. The third-order valence-corrected chi connectivity index (χ3v) is 4.92. The van der Waals surface area contributed by atoms with Gasteiger partial charge in [0.25, 0.3) is 5.65 Å². The molecule has 0 saturated heterocycles. The smallest absolute Gasteiger partial charge is 0.341 e. The molecule has 2 N–H and O–H groups in total. The van der Waals surface area contributed by atoms with Gasteiger partial charge in [-0.05, 0) is 25.8 Å². The monoisotopic (exact) mass is 341 g/mol. The molecular formula is C18H21N4O3+. The maximum absolute atomic E-state index is 12.9. The van der Waals surface area contributed by atoms with Gasteiger partial charge in [-0.2, -0.15) is 0 Å². The third-order valence-electron chi connectivity index (χ3n) is 4.92. The zero-order chi connectivity index (χ0) is 17.4. The third kappa shape index (κ3) is 2.69. The van der Waals surface area contributed by atoms with E-state index in [0.29, 0.717) is 34.2 Å². The van der Waals surface area contributed by atoms with Crippen molar-refractivity contribution in [3.05, 3.63) is 34.5 Å². The van der Waals surface area contributed by atoms with Crippen LogP contribution < -0.4 is 10.5 Å². The molecule has 0 amide bonds. The summed E-state index contributed by atoms with van der Waals surface area (Å²) >= 11 is 0. The minimum Gasteiger partial charge on any atom is -0.462 e. The standard InChI is InChI=1S/C18H20N4O3/c1-2-25-18(24)11-8-13-14-15(21-16(13)19-9-11)17(23)22(10-20-14)12-6-4-3-5-7-12/h8-10,12H,2-7H2,1H3,(H,19,21)/p+1. The average Bonchev–Trinajstić information content (AvgIpc) is 3.02. The van der Waals surface area contributed by atoms with E-state index in [2.05, 4.69) is 15.0 Å². The molecule has 0 radical (unpaired) electrons. The molecule has 0 bridgehead atoms. The average molecular weight is 341 g/mol. The number of hydrogen-bond acceptors (Lipinski definition) is 4.